The molecule has 0 rings (SSSR count). The molecule has 0 aliphatic carbocycles. The van der Waals surface area contributed by atoms with Crippen LogP contribution in [0.2, 0.25) is 0 Å². The predicted molar refractivity (Wildman–Crippen MR) is 68.5 cm³/mol. The molecule has 0 amide bonds. The fourth-order valence-electron chi connectivity index (χ4n) is 1.84. The fourth-order valence-corrected chi connectivity index (χ4v) is 1.84. The molecule has 0 unspecified atom stereocenters. The zero-order chi connectivity index (χ0) is 14.8. The first kappa shape index (κ1) is 18.7. The number of alkyl halides is 4. The molecule has 0 spiro atoms. The topological polar surface area (TPSA) is 9.23 Å². The molecule has 0 aromatic heterocycles. The average Bonchev–Trinajstić information content (AvgIpc) is 2.29. The van der Waals surface area contributed by atoms with Crippen molar-refractivity contribution >= 4 is 0 Å². The van der Waals surface area contributed by atoms with Crippen molar-refractivity contribution in [3.63, 3.8) is 0 Å². The van der Waals surface area contributed by atoms with Gasteiger partial charge in [-0.1, -0.05) is 52.4 Å². The molecule has 0 atom stereocenters. The van der Waals surface area contributed by atoms with Crippen LogP contribution in [0.5, 0.6) is 0 Å². The Morgan fingerprint density at radius 3 is 1.32 bits per heavy atom. The summed E-state index contributed by atoms with van der Waals surface area (Å²) in [5.41, 5.74) is 0. The molecule has 5 heteroatoms. The van der Waals surface area contributed by atoms with Crippen LogP contribution in [0.3, 0.4) is 0 Å². The third kappa shape index (κ3) is 11.2. The standard InChI is InChI=1S/C14H26F4O/c1-3-5-7-9-11-13(15,16)19-14(17,18)12-10-8-6-4-2/h3-12H2,1-2H3. The van der Waals surface area contributed by atoms with Crippen molar-refractivity contribution in [3.05, 3.63) is 0 Å². The summed E-state index contributed by atoms with van der Waals surface area (Å²) < 4.78 is 56.6. The first-order valence-corrected chi connectivity index (χ1v) is 7.29. The Labute approximate surface area is 113 Å². The van der Waals surface area contributed by atoms with E-state index in [1.54, 1.807) is 0 Å². The van der Waals surface area contributed by atoms with Crippen LogP contribution < -0.4 is 0 Å². The molecule has 0 aliphatic rings. The molecule has 0 radical (unpaired) electrons. The molecular weight excluding hydrogens is 260 g/mol. The Bertz CT molecular complexity index is 197. The molecule has 116 valence electrons. The Hall–Kier alpha value is -0.320. The van der Waals surface area contributed by atoms with Crippen LogP contribution in [-0.2, 0) is 4.74 Å². The first-order valence-electron chi connectivity index (χ1n) is 7.29. The lowest BCUT2D eigenvalue weighted by Crippen LogP contribution is -2.33. The maximum Gasteiger partial charge on any atom is 0.360 e. The van der Waals surface area contributed by atoms with E-state index >= 15 is 0 Å². The minimum atomic E-state index is -3.72. The van der Waals surface area contributed by atoms with E-state index in [0.717, 1.165) is 25.7 Å². The lowest BCUT2D eigenvalue weighted by atomic mass is 10.1. The Morgan fingerprint density at radius 1 is 0.632 bits per heavy atom. The van der Waals surface area contributed by atoms with Crippen molar-refractivity contribution in [2.75, 3.05) is 0 Å². The van der Waals surface area contributed by atoms with Gasteiger partial charge in [0.15, 0.2) is 0 Å². The van der Waals surface area contributed by atoms with Gasteiger partial charge in [-0.25, -0.2) is 0 Å². The summed E-state index contributed by atoms with van der Waals surface area (Å²) in [6.45, 7) is 3.91. The largest absolute Gasteiger partial charge is 0.360 e. The van der Waals surface area contributed by atoms with Gasteiger partial charge in [0.25, 0.3) is 0 Å². The monoisotopic (exact) mass is 286 g/mol. The molecule has 0 aliphatic heterocycles. The van der Waals surface area contributed by atoms with Crippen LogP contribution in [0.1, 0.15) is 78.1 Å². The molecule has 0 saturated carbocycles. The van der Waals surface area contributed by atoms with E-state index in [1.807, 2.05) is 13.8 Å². The number of halogens is 4. The summed E-state index contributed by atoms with van der Waals surface area (Å²) in [6.07, 6.45) is -3.51. The Kier molecular flexibility index (Phi) is 9.40. The Balaban J connectivity index is 3.93. The van der Waals surface area contributed by atoms with Crippen molar-refractivity contribution in [2.45, 2.75) is 90.3 Å². The third-order valence-corrected chi connectivity index (χ3v) is 2.94. The SMILES string of the molecule is CCCCCCC(F)(F)OC(F)(F)CCCCCC. The second-order valence-electron chi connectivity index (χ2n) is 5.00. The van der Waals surface area contributed by atoms with Crippen LogP contribution in [0.15, 0.2) is 0 Å². The molecule has 0 bridgehead atoms. The summed E-state index contributed by atoms with van der Waals surface area (Å²) in [5.74, 6) is 0. The lowest BCUT2D eigenvalue weighted by Gasteiger charge is -2.23. The van der Waals surface area contributed by atoms with Gasteiger partial charge in [-0.3, -0.25) is 4.74 Å². The maximum absolute atomic E-state index is 13.2. The number of hydrogen-bond donors (Lipinski definition) is 0. The van der Waals surface area contributed by atoms with Gasteiger partial charge in [0.05, 0.1) is 0 Å². The lowest BCUT2D eigenvalue weighted by molar-refractivity contribution is -0.378. The van der Waals surface area contributed by atoms with Crippen LogP contribution in [0, 0.1) is 0 Å². The van der Waals surface area contributed by atoms with E-state index < -0.39 is 25.1 Å². The van der Waals surface area contributed by atoms with E-state index in [9.17, 15) is 17.6 Å². The minimum absolute atomic E-state index is 0.215. The van der Waals surface area contributed by atoms with Crippen LogP contribution in [-0.4, -0.2) is 12.2 Å². The first-order chi connectivity index (χ1) is 8.83. The fraction of sp³-hybridized carbons (Fsp3) is 1.00. The summed E-state index contributed by atoms with van der Waals surface area (Å²) >= 11 is 0. The van der Waals surface area contributed by atoms with Crippen molar-refractivity contribution in [1.29, 1.82) is 0 Å². The van der Waals surface area contributed by atoms with Gasteiger partial charge in [0.1, 0.15) is 0 Å². The molecule has 0 heterocycles. The molecular formula is C14H26F4O. The van der Waals surface area contributed by atoms with Gasteiger partial charge in [-0.05, 0) is 12.8 Å². The minimum Gasteiger partial charge on any atom is -0.255 e. The van der Waals surface area contributed by atoms with E-state index in [1.165, 1.54) is 0 Å². The van der Waals surface area contributed by atoms with Gasteiger partial charge >= 0.3 is 12.2 Å². The second kappa shape index (κ2) is 9.56. The van der Waals surface area contributed by atoms with Gasteiger partial charge in [-0.2, -0.15) is 17.6 Å². The highest BCUT2D eigenvalue weighted by molar-refractivity contribution is 4.61. The number of ether oxygens (including phenoxy) is 1. The van der Waals surface area contributed by atoms with Gasteiger partial charge in [0, 0.05) is 12.8 Å². The zero-order valence-corrected chi connectivity index (χ0v) is 12.0. The molecule has 0 saturated heterocycles. The van der Waals surface area contributed by atoms with E-state index in [-0.39, 0.29) is 12.8 Å². The van der Waals surface area contributed by atoms with Crippen LogP contribution >= 0.6 is 0 Å². The molecule has 0 aromatic rings. The van der Waals surface area contributed by atoms with Crippen molar-refractivity contribution in [3.8, 4) is 0 Å². The zero-order valence-electron chi connectivity index (χ0n) is 12.0. The van der Waals surface area contributed by atoms with Crippen molar-refractivity contribution in [1.82, 2.24) is 0 Å². The highest BCUT2D eigenvalue weighted by Gasteiger charge is 2.42. The van der Waals surface area contributed by atoms with Crippen LogP contribution in [0.25, 0.3) is 0 Å². The number of hydrogen-bond acceptors (Lipinski definition) is 1. The molecule has 0 fully saturated rings. The maximum atomic E-state index is 13.2. The van der Waals surface area contributed by atoms with Gasteiger partial charge < -0.3 is 0 Å². The van der Waals surface area contributed by atoms with Gasteiger partial charge in [0.2, 0.25) is 0 Å². The molecule has 19 heavy (non-hydrogen) atoms. The highest BCUT2D eigenvalue weighted by Crippen LogP contribution is 2.34. The van der Waals surface area contributed by atoms with Crippen molar-refractivity contribution < 1.29 is 22.3 Å². The average molecular weight is 286 g/mol. The summed E-state index contributed by atoms with van der Waals surface area (Å²) in [7, 11) is 0. The Morgan fingerprint density at radius 2 is 1.00 bits per heavy atom. The summed E-state index contributed by atoms with van der Waals surface area (Å²) in [4.78, 5) is 0. The molecule has 1 nitrogen and oxygen atoms in total. The van der Waals surface area contributed by atoms with Gasteiger partial charge in [-0.15, -0.1) is 0 Å². The number of rotatable bonds is 12. The number of unbranched alkanes of at least 4 members (excludes halogenated alkanes) is 6. The molecule has 0 N–H and O–H groups in total. The van der Waals surface area contributed by atoms with E-state index in [0.29, 0.717) is 12.8 Å². The van der Waals surface area contributed by atoms with Crippen molar-refractivity contribution in [2.24, 2.45) is 0 Å². The summed E-state index contributed by atoms with van der Waals surface area (Å²) in [6, 6.07) is 0. The van der Waals surface area contributed by atoms with E-state index in [4.69, 9.17) is 0 Å². The predicted octanol–water partition coefficient (Wildman–Crippen LogP) is 6.13. The van der Waals surface area contributed by atoms with E-state index in [2.05, 4.69) is 4.74 Å². The highest BCUT2D eigenvalue weighted by atomic mass is 19.3. The quantitative estimate of drug-likeness (QED) is 0.310. The summed E-state index contributed by atoms with van der Waals surface area (Å²) in [5, 5.41) is 0. The van der Waals surface area contributed by atoms with Crippen LogP contribution in [0.4, 0.5) is 17.6 Å². The third-order valence-electron chi connectivity index (χ3n) is 2.94. The smallest absolute Gasteiger partial charge is 0.255 e. The normalized spacial score (nSPS) is 12.9. The molecule has 0 aromatic carbocycles. The second-order valence-corrected chi connectivity index (χ2v) is 5.00.